The van der Waals surface area contributed by atoms with Gasteiger partial charge in [0.25, 0.3) is 0 Å². The zero-order valence-electron chi connectivity index (χ0n) is 31.4. The van der Waals surface area contributed by atoms with Crippen molar-refractivity contribution in [1.82, 2.24) is 15.7 Å². The van der Waals surface area contributed by atoms with Gasteiger partial charge in [0.15, 0.2) is 0 Å². The number of amides is 2. The van der Waals surface area contributed by atoms with Crippen molar-refractivity contribution in [2.45, 2.75) is 154 Å². The first-order valence-electron chi connectivity index (χ1n) is 20.5. The molecule has 7 aliphatic rings. The second kappa shape index (κ2) is 16.2. The minimum Gasteiger partial charge on any atom is -0.393 e. The molecule has 7 fully saturated rings. The predicted molar refractivity (Wildman–Crippen MR) is 192 cm³/mol. The summed E-state index contributed by atoms with van der Waals surface area (Å²) in [6.45, 7) is 10.5. The Kier molecular flexibility index (Phi) is 12.4. The number of hydrogen-bond donors (Lipinski definition) is 4. The van der Waals surface area contributed by atoms with E-state index in [2.05, 4.69) is 31.4 Å². The number of nitrogens with zero attached hydrogens (tertiary/aromatic N) is 1. The number of rotatable bonds is 12. The van der Waals surface area contributed by atoms with E-state index in [1.807, 2.05) is 12.2 Å². The van der Waals surface area contributed by atoms with Crippen LogP contribution in [0.2, 0.25) is 0 Å². The van der Waals surface area contributed by atoms with Gasteiger partial charge in [-0.25, -0.2) is 0 Å². The number of aliphatic hydroxyl groups excluding tert-OH is 1. The van der Waals surface area contributed by atoms with Crippen LogP contribution in [0.5, 0.6) is 0 Å². The van der Waals surface area contributed by atoms with E-state index in [0.29, 0.717) is 41.5 Å². The van der Waals surface area contributed by atoms with Crippen LogP contribution in [0.1, 0.15) is 124 Å². The minimum atomic E-state index is -0.726. The smallest absolute Gasteiger partial charge is 0.240 e. The molecule has 0 spiro atoms. The molecular formula is C40H70N4O5. The highest BCUT2D eigenvalue weighted by molar-refractivity contribution is 5.83. The van der Waals surface area contributed by atoms with Crippen LogP contribution in [0.4, 0.5) is 0 Å². The number of methoxy groups -OCH3 is 1. The molecule has 5 N–H and O–H groups in total. The molecule has 5 unspecified atom stereocenters. The van der Waals surface area contributed by atoms with E-state index in [4.69, 9.17) is 15.3 Å². The summed E-state index contributed by atoms with van der Waals surface area (Å²) < 4.78 is 6.35. The second-order valence-corrected chi connectivity index (χ2v) is 18.1. The van der Waals surface area contributed by atoms with E-state index in [1.165, 1.54) is 38.5 Å². The molecule has 9 heteroatoms. The molecule has 1 saturated heterocycles. The number of nitrogens with one attached hydrogen (secondary N) is 2. The van der Waals surface area contributed by atoms with Gasteiger partial charge in [0, 0.05) is 50.5 Å². The third-order valence-electron chi connectivity index (χ3n) is 15.1. The molecule has 1 heterocycles. The van der Waals surface area contributed by atoms with Crippen molar-refractivity contribution >= 4 is 11.8 Å². The van der Waals surface area contributed by atoms with Crippen LogP contribution < -0.4 is 16.4 Å². The lowest BCUT2D eigenvalue weighted by molar-refractivity contribution is -0.186. The summed E-state index contributed by atoms with van der Waals surface area (Å²) in [4.78, 5) is 34.1. The van der Waals surface area contributed by atoms with Gasteiger partial charge in [-0.1, -0.05) is 72.1 Å². The largest absolute Gasteiger partial charge is 0.393 e. The summed E-state index contributed by atoms with van der Waals surface area (Å²) >= 11 is 0. The van der Waals surface area contributed by atoms with E-state index in [0.717, 1.165) is 70.3 Å². The van der Waals surface area contributed by atoms with Gasteiger partial charge in [-0.3, -0.25) is 14.4 Å². The molecule has 0 radical (unpaired) electrons. The van der Waals surface area contributed by atoms with Gasteiger partial charge < -0.3 is 26.2 Å². The highest BCUT2D eigenvalue weighted by atomic mass is 16.7. The maximum absolute atomic E-state index is 14.2. The van der Waals surface area contributed by atoms with Crippen molar-refractivity contribution in [3.05, 3.63) is 0 Å². The summed E-state index contributed by atoms with van der Waals surface area (Å²) in [5.41, 5.74) is 6.55. The van der Waals surface area contributed by atoms with Crippen molar-refractivity contribution in [2.24, 2.45) is 64.4 Å². The van der Waals surface area contributed by atoms with Crippen LogP contribution in [0.3, 0.4) is 0 Å². The van der Waals surface area contributed by atoms with Crippen LogP contribution in [0, 0.1) is 58.7 Å². The molecule has 2 bridgehead atoms. The van der Waals surface area contributed by atoms with Gasteiger partial charge >= 0.3 is 0 Å². The monoisotopic (exact) mass is 687 g/mol. The maximum atomic E-state index is 14.2. The molecular weight excluding hydrogens is 616 g/mol. The van der Waals surface area contributed by atoms with Crippen molar-refractivity contribution in [2.75, 3.05) is 26.7 Å². The summed E-state index contributed by atoms with van der Waals surface area (Å²) in [6.07, 6.45) is 16.4. The fourth-order valence-corrected chi connectivity index (χ4v) is 12.0. The Morgan fingerprint density at radius 1 is 1.00 bits per heavy atom. The number of fused-ring (bicyclic) bond motifs is 2. The molecule has 9 nitrogen and oxygen atoms in total. The Morgan fingerprint density at radius 3 is 2.43 bits per heavy atom. The average Bonchev–Trinajstić information content (AvgIpc) is 3.48. The molecule has 7 rings (SSSR count). The summed E-state index contributed by atoms with van der Waals surface area (Å²) in [6, 6.07) is -0.451. The fraction of sp³-hybridized carbons (Fsp3) is 0.950. The molecule has 2 amide bonds. The summed E-state index contributed by atoms with van der Waals surface area (Å²) in [5, 5.41) is 19.6. The zero-order valence-corrected chi connectivity index (χ0v) is 31.4. The maximum Gasteiger partial charge on any atom is 0.240 e. The van der Waals surface area contributed by atoms with Crippen molar-refractivity contribution in [3.63, 3.8) is 0 Å². The van der Waals surface area contributed by atoms with Gasteiger partial charge in [-0.2, -0.15) is 5.06 Å². The van der Waals surface area contributed by atoms with Crippen molar-refractivity contribution in [3.8, 4) is 0 Å². The Hall–Kier alpha value is -1.26. The van der Waals surface area contributed by atoms with Crippen LogP contribution in [-0.4, -0.2) is 79.1 Å². The van der Waals surface area contributed by atoms with E-state index >= 15 is 0 Å². The first-order chi connectivity index (χ1) is 23.5. The highest BCUT2D eigenvalue weighted by Crippen LogP contribution is 2.61. The van der Waals surface area contributed by atoms with Crippen LogP contribution in [0.25, 0.3) is 0 Å². The Bertz CT molecular complexity index is 1110. The first kappa shape index (κ1) is 37.5. The lowest BCUT2D eigenvalue weighted by Crippen LogP contribution is -2.62. The number of hydrogen-bond acceptors (Lipinski definition) is 7. The molecule has 280 valence electrons. The SMILES string of the molecule is COC1C(CN2O[C@@H](CN)[C@H]([C@H](C)O)[C@H]2C(=O)N[C@H]2C[C@H]3C[C@@H]([C@@H]2C)C3(C)C)CCCC1C1CCCC(C(=O)NCCC2CCCCC2)C1. The molecule has 1 aliphatic heterocycles. The summed E-state index contributed by atoms with van der Waals surface area (Å²) in [7, 11) is 1.84. The average molecular weight is 687 g/mol. The molecule has 49 heavy (non-hydrogen) atoms. The van der Waals surface area contributed by atoms with Gasteiger partial charge in [0.1, 0.15) is 6.04 Å². The number of carbonyl (C=O) groups excluding carboxylic acids is 2. The predicted octanol–water partition coefficient (Wildman–Crippen LogP) is 5.44. The lowest BCUT2D eigenvalue weighted by atomic mass is 9.45. The summed E-state index contributed by atoms with van der Waals surface area (Å²) in [5.74, 6) is 3.42. The first-order valence-corrected chi connectivity index (χ1v) is 20.5. The number of aliphatic hydroxyl groups is 1. The Balaban J connectivity index is 1.09. The van der Waals surface area contributed by atoms with Crippen LogP contribution in [-0.2, 0) is 19.2 Å². The van der Waals surface area contributed by atoms with Crippen LogP contribution in [0.15, 0.2) is 0 Å². The topological polar surface area (TPSA) is 126 Å². The third-order valence-corrected chi connectivity index (χ3v) is 15.1. The van der Waals surface area contributed by atoms with E-state index in [1.54, 1.807) is 6.92 Å². The Morgan fingerprint density at radius 2 is 1.76 bits per heavy atom. The normalized spacial score (nSPS) is 41.9. The minimum absolute atomic E-state index is 0.0359. The molecule has 0 aromatic carbocycles. The van der Waals surface area contributed by atoms with Crippen molar-refractivity contribution < 1.29 is 24.3 Å². The van der Waals surface area contributed by atoms with E-state index < -0.39 is 24.2 Å². The number of hydroxylamine groups is 2. The van der Waals surface area contributed by atoms with Gasteiger partial charge in [0.2, 0.25) is 11.8 Å². The Labute approximate surface area is 296 Å². The van der Waals surface area contributed by atoms with E-state index in [9.17, 15) is 14.7 Å². The number of nitrogens with two attached hydrogens (primary N) is 1. The van der Waals surface area contributed by atoms with Gasteiger partial charge in [-0.05, 0) is 92.8 Å². The zero-order chi connectivity index (χ0) is 34.9. The molecule has 13 atom stereocenters. The molecule has 0 aromatic rings. The fourth-order valence-electron chi connectivity index (χ4n) is 12.0. The second-order valence-electron chi connectivity index (χ2n) is 18.1. The van der Waals surface area contributed by atoms with Gasteiger partial charge in [0.05, 0.1) is 18.3 Å². The van der Waals surface area contributed by atoms with Crippen LogP contribution >= 0.6 is 0 Å². The number of carbonyl (C=O) groups is 2. The lowest BCUT2D eigenvalue weighted by Gasteiger charge is -2.62. The molecule has 0 aromatic heterocycles. The quantitative estimate of drug-likeness (QED) is 0.216. The van der Waals surface area contributed by atoms with Gasteiger partial charge in [-0.15, -0.1) is 0 Å². The standard InChI is InChI=1S/C40H70N4O5/c1-24-32-20-30(40(32,3)4)21-33(24)43-39(47)36-35(25(2)45)34(22-41)49-44(36)23-29-15-10-16-31(37(29)48-5)27-13-9-14-28(19-27)38(46)42-18-17-26-11-7-6-8-12-26/h24-37,45H,6-23,41H2,1-5H3,(H,42,46)(H,43,47)/t24-,25-,27?,28?,29?,30+,31?,32-,33-,34-,35-,36-,37?/m0/s1. The number of ether oxygens (including phenoxy) is 1. The molecule has 6 aliphatic carbocycles. The van der Waals surface area contributed by atoms with Crippen molar-refractivity contribution in [1.29, 1.82) is 0 Å². The third kappa shape index (κ3) is 7.91. The van der Waals surface area contributed by atoms with E-state index in [-0.39, 0.29) is 42.3 Å². The molecule has 6 saturated carbocycles. The highest BCUT2D eigenvalue weighted by Gasteiger charge is 2.57.